The molecule has 0 spiro atoms. The molecule has 2 aromatic rings. The molecule has 1 saturated heterocycles. The third kappa shape index (κ3) is 3.69. The van der Waals surface area contributed by atoms with Gasteiger partial charge in [-0.1, -0.05) is 29.0 Å². The van der Waals surface area contributed by atoms with Gasteiger partial charge in [0.25, 0.3) is 0 Å². The highest BCUT2D eigenvalue weighted by molar-refractivity contribution is 7.22. The Morgan fingerprint density at radius 3 is 2.48 bits per heavy atom. The highest BCUT2D eigenvalue weighted by Gasteiger charge is 2.56. The van der Waals surface area contributed by atoms with Crippen LogP contribution in [0.5, 0.6) is 0 Å². The number of ether oxygens (including phenoxy) is 1. The molecule has 7 heteroatoms. The largest absolute Gasteiger partial charge is 0.379 e. The fourth-order valence-electron chi connectivity index (χ4n) is 7.03. The Morgan fingerprint density at radius 2 is 1.84 bits per heavy atom. The van der Waals surface area contributed by atoms with E-state index in [9.17, 15) is 4.79 Å². The number of carbonyl (C=O) groups is 1. The van der Waals surface area contributed by atoms with Gasteiger partial charge in [0.15, 0.2) is 5.13 Å². The molecule has 0 N–H and O–H groups in total. The van der Waals surface area contributed by atoms with Crippen molar-refractivity contribution in [1.82, 2.24) is 9.88 Å². The lowest BCUT2D eigenvalue weighted by molar-refractivity contribution is -0.143. The van der Waals surface area contributed by atoms with E-state index in [1.165, 1.54) is 19.3 Å². The number of carbonyl (C=O) groups excluding carboxylic acids is 1. The second-order valence-corrected chi connectivity index (χ2v) is 11.6. The summed E-state index contributed by atoms with van der Waals surface area (Å²) in [4.78, 5) is 23.6. The van der Waals surface area contributed by atoms with Gasteiger partial charge in [-0.15, -0.1) is 0 Å². The van der Waals surface area contributed by atoms with Crippen molar-refractivity contribution < 1.29 is 9.53 Å². The summed E-state index contributed by atoms with van der Waals surface area (Å²) in [5.41, 5.74) is 0.653. The van der Waals surface area contributed by atoms with Gasteiger partial charge in [-0.05, 0) is 68.4 Å². The highest BCUT2D eigenvalue weighted by atomic mass is 35.5. The molecule has 1 aliphatic heterocycles. The molecule has 1 aromatic carbocycles. The average molecular weight is 460 g/mol. The van der Waals surface area contributed by atoms with E-state index in [2.05, 4.69) is 11.0 Å². The van der Waals surface area contributed by atoms with E-state index in [1.807, 2.05) is 17.0 Å². The average Bonchev–Trinajstić information content (AvgIpc) is 3.19. The monoisotopic (exact) mass is 459 g/mol. The van der Waals surface area contributed by atoms with E-state index < -0.39 is 0 Å². The van der Waals surface area contributed by atoms with Crippen LogP contribution in [0.1, 0.15) is 38.5 Å². The lowest BCUT2D eigenvalue weighted by Gasteiger charge is -2.56. The Hall–Kier alpha value is -1.21. The van der Waals surface area contributed by atoms with Gasteiger partial charge in [0.05, 0.1) is 28.4 Å². The number of rotatable bonds is 5. The van der Waals surface area contributed by atoms with Crippen molar-refractivity contribution in [2.24, 2.45) is 23.2 Å². The number of hydrogen-bond acceptors (Lipinski definition) is 5. The number of thiazole rings is 1. The predicted octanol–water partition coefficient (Wildman–Crippen LogP) is 4.83. The lowest BCUT2D eigenvalue weighted by Crippen LogP contribution is -2.56. The van der Waals surface area contributed by atoms with Gasteiger partial charge in [-0.2, -0.15) is 0 Å². The first kappa shape index (κ1) is 20.4. The maximum absolute atomic E-state index is 14.2. The highest BCUT2D eigenvalue weighted by Crippen LogP contribution is 2.60. The summed E-state index contributed by atoms with van der Waals surface area (Å²) < 4.78 is 6.56. The van der Waals surface area contributed by atoms with Crippen LogP contribution in [0.2, 0.25) is 5.02 Å². The Balaban J connectivity index is 1.32. The smallest absolute Gasteiger partial charge is 0.235 e. The van der Waals surface area contributed by atoms with Gasteiger partial charge in [0, 0.05) is 26.2 Å². The van der Waals surface area contributed by atoms with Gasteiger partial charge in [0.2, 0.25) is 5.91 Å². The third-order valence-corrected chi connectivity index (χ3v) is 9.42. The molecule has 5 nitrogen and oxygen atoms in total. The number of para-hydroxylation sites is 1. The molecular weight excluding hydrogens is 430 g/mol. The van der Waals surface area contributed by atoms with Crippen LogP contribution < -0.4 is 4.90 Å². The molecule has 2 heterocycles. The molecule has 0 atom stereocenters. The van der Waals surface area contributed by atoms with E-state index in [4.69, 9.17) is 21.3 Å². The van der Waals surface area contributed by atoms with Gasteiger partial charge in [-0.3, -0.25) is 14.6 Å². The first-order valence-electron chi connectivity index (χ1n) is 11.8. The zero-order valence-electron chi connectivity index (χ0n) is 17.9. The standard InChI is InChI=1S/C24H30ClN3O2S/c25-19-2-1-3-20-21(19)26-23(31-20)28(5-4-27-6-8-30-9-7-27)22(29)24-13-16-10-17(14-24)12-18(11-16)15-24/h1-3,16-18H,4-15H2. The number of amides is 1. The van der Waals surface area contributed by atoms with Crippen molar-refractivity contribution in [3.8, 4) is 0 Å². The van der Waals surface area contributed by atoms with Crippen molar-refractivity contribution in [3.63, 3.8) is 0 Å². The summed E-state index contributed by atoms with van der Waals surface area (Å²) in [6.07, 6.45) is 7.28. The van der Waals surface area contributed by atoms with Crippen molar-refractivity contribution in [3.05, 3.63) is 23.2 Å². The minimum atomic E-state index is -0.165. The Bertz CT molecular complexity index is 951. The van der Waals surface area contributed by atoms with Crippen molar-refractivity contribution in [2.45, 2.75) is 38.5 Å². The van der Waals surface area contributed by atoms with Crippen molar-refractivity contribution in [2.75, 3.05) is 44.3 Å². The number of morpholine rings is 1. The number of anilines is 1. The fraction of sp³-hybridized carbons (Fsp3) is 0.667. The quantitative estimate of drug-likeness (QED) is 0.642. The molecule has 4 saturated carbocycles. The maximum Gasteiger partial charge on any atom is 0.235 e. The van der Waals surface area contributed by atoms with Crippen LogP contribution in [0, 0.1) is 23.2 Å². The number of aromatic nitrogens is 1. The van der Waals surface area contributed by atoms with Crippen LogP contribution in [0.3, 0.4) is 0 Å². The molecule has 166 valence electrons. The summed E-state index contributed by atoms with van der Waals surface area (Å²) in [5, 5.41) is 1.48. The summed E-state index contributed by atoms with van der Waals surface area (Å²) in [5.74, 6) is 2.58. The first-order chi connectivity index (χ1) is 15.1. The summed E-state index contributed by atoms with van der Waals surface area (Å²) in [6.45, 7) is 4.98. The fourth-order valence-corrected chi connectivity index (χ4v) is 8.32. The Morgan fingerprint density at radius 1 is 1.16 bits per heavy atom. The molecule has 0 unspecified atom stereocenters. The first-order valence-corrected chi connectivity index (χ1v) is 13.0. The number of nitrogens with zero attached hydrogens (tertiary/aromatic N) is 3. The summed E-state index contributed by atoms with van der Waals surface area (Å²) >= 11 is 8.03. The molecular formula is C24H30ClN3O2S. The van der Waals surface area contributed by atoms with Gasteiger partial charge in [0.1, 0.15) is 5.52 Å². The van der Waals surface area contributed by atoms with E-state index in [0.717, 1.165) is 85.2 Å². The van der Waals surface area contributed by atoms with Gasteiger partial charge >= 0.3 is 0 Å². The van der Waals surface area contributed by atoms with Gasteiger partial charge in [-0.25, -0.2) is 4.98 Å². The second-order valence-electron chi connectivity index (χ2n) is 10.2. The van der Waals surface area contributed by atoms with Crippen LogP contribution in [0.4, 0.5) is 5.13 Å². The number of benzene rings is 1. The maximum atomic E-state index is 14.2. The molecule has 5 fully saturated rings. The van der Waals surface area contributed by atoms with Crippen LogP contribution in [-0.2, 0) is 9.53 Å². The molecule has 1 amide bonds. The predicted molar refractivity (Wildman–Crippen MR) is 125 cm³/mol. The lowest BCUT2D eigenvalue weighted by atomic mass is 9.49. The molecule has 7 rings (SSSR count). The number of fused-ring (bicyclic) bond motifs is 1. The topological polar surface area (TPSA) is 45.7 Å². The number of halogens is 1. The third-order valence-electron chi connectivity index (χ3n) is 8.07. The van der Waals surface area contributed by atoms with E-state index in [1.54, 1.807) is 11.3 Å². The molecule has 0 radical (unpaired) electrons. The van der Waals surface area contributed by atoms with Crippen LogP contribution >= 0.6 is 22.9 Å². The van der Waals surface area contributed by atoms with Gasteiger partial charge < -0.3 is 4.74 Å². The zero-order chi connectivity index (χ0) is 21.0. The molecule has 5 aliphatic rings. The van der Waals surface area contributed by atoms with Crippen LogP contribution in [0.15, 0.2) is 18.2 Å². The van der Waals surface area contributed by atoms with E-state index in [0.29, 0.717) is 17.5 Å². The van der Waals surface area contributed by atoms with Crippen molar-refractivity contribution in [1.29, 1.82) is 0 Å². The summed E-state index contributed by atoms with van der Waals surface area (Å²) in [6, 6.07) is 5.90. The molecule has 31 heavy (non-hydrogen) atoms. The molecule has 4 aliphatic carbocycles. The van der Waals surface area contributed by atoms with Crippen molar-refractivity contribution >= 4 is 44.2 Å². The normalized spacial score (nSPS) is 32.6. The SMILES string of the molecule is O=C(N(CCN1CCOCC1)c1nc2c(Cl)cccc2s1)C12CC3CC(CC(C3)C1)C2. The summed E-state index contributed by atoms with van der Waals surface area (Å²) in [7, 11) is 0. The number of hydrogen-bond donors (Lipinski definition) is 0. The minimum absolute atomic E-state index is 0.165. The van der Waals surface area contributed by atoms with Crippen LogP contribution in [-0.4, -0.2) is 55.2 Å². The minimum Gasteiger partial charge on any atom is -0.379 e. The van der Waals surface area contributed by atoms with E-state index >= 15 is 0 Å². The zero-order valence-corrected chi connectivity index (χ0v) is 19.5. The second kappa shape index (κ2) is 7.98. The van der Waals surface area contributed by atoms with Crippen LogP contribution in [0.25, 0.3) is 10.2 Å². The molecule has 4 bridgehead atoms. The molecule has 1 aromatic heterocycles. The Labute approximate surface area is 192 Å². The Kier molecular flexibility index (Phi) is 5.25. The van der Waals surface area contributed by atoms with E-state index in [-0.39, 0.29) is 5.41 Å².